The number of cyclic esters (lactones) is 1. The molecule has 0 radical (unpaired) electrons. The number of carbonyl (C=O) groups excluding carboxylic acids is 2. The molecule has 1 spiro atoms. The van der Waals surface area contributed by atoms with Gasteiger partial charge in [-0.05, 0) is 48.4 Å². The minimum atomic E-state index is -2.14. The topological polar surface area (TPSA) is 89.5 Å². The first-order chi connectivity index (χ1) is 19.2. The van der Waals surface area contributed by atoms with Crippen molar-refractivity contribution in [3.63, 3.8) is 0 Å². The second kappa shape index (κ2) is 10.6. The van der Waals surface area contributed by atoms with E-state index in [9.17, 15) is 9.59 Å². The third kappa shape index (κ3) is 4.29. The highest BCUT2D eigenvalue weighted by atomic mass is 28.4. The summed E-state index contributed by atoms with van der Waals surface area (Å²) in [6.07, 6.45) is 10.7. The van der Waals surface area contributed by atoms with Crippen LogP contribution >= 0.6 is 0 Å². The van der Waals surface area contributed by atoms with E-state index in [2.05, 4.69) is 39.8 Å². The lowest BCUT2D eigenvalue weighted by atomic mass is 9.55. The fourth-order valence-corrected chi connectivity index (χ4v) is 12.7. The zero-order chi connectivity index (χ0) is 28.3. The van der Waals surface area contributed by atoms with Crippen LogP contribution in [0, 0.1) is 29.1 Å². The molecule has 6 aliphatic rings. The molecular formula is C31H46O8Si. The summed E-state index contributed by atoms with van der Waals surface area (Å²) in [7, 11) is -0.476. The Hall–Kier alpha value is -1.52. The van der Waals surface area contributed by atoms with Crippen molar-refractivity contribution in [2.24, 2.45) is 29.1 Å². The lowest BCUT2D eigenvalue weighted by molar-refractivity contribution is -0.261. The molecule has 0 aromatic rings. The standard InChI is InChI=1S/C31H46O8Si/c1-6-40(7-2,19(3)4)39-31-16-25(34-5)38-29(31)37-22-14-20(24(31)15-22)17-35-27(32)23-12-11-21-10-8-9-13-30(21)18-36-28(33)26(23)30/h11-12,14,19,21-26,29H,6-10,13,15-18H2,1-5H3/t21-,22-,23-,24-,25+,26-,29-,30-,31+/m1/s1. The molecule has 8 nitrogen and oxygen atoms in total. The zero-order valence-electron chi connectivity index (χ0n) is 24.7. The summed E-state index contributed by atoms with van der Waals surface area (Å²) < 4.78 is 37.3. The van der Waals surface area contributed by atoms with Crippen LogP contribution < -0.4 is 0 Å². The lowest BCUT2D eigenvalue weighted by Crippen LogP contribution is -2.60. The Morgan fingerprint density at radius 3 is 2.70 bits per heavy atom. The van der Waals surface area contributed by atoms with Gasteiger partial charge < -0.3 is 28.1 Å². The summed E-state index contributed by atoms with van der Waals surface area (Å²) in [5, 5.41) is 0. The molecule has 0 aromatic carbocycles. The van der Waals surface area contributed by atoms with E-state index in [1.807, 2.05) is 6.08 Å². The summed E-state index contributed by atoms with van der Waals surface area (Å²) in [6.45, 7) is 9.59. The first-order valence-corrected chi connectivity index (χ1v) is 17.9. The van der Waals surface area contributed by atoms with E-state index in [-0.39, 0.29) is 36.0 Å². The molecule has 9 heteroatoms. The van der Waals surface area contributed by atoms with Gasteiger partial charge in [-0.1, -0.05) is 58.8 Å². The highest BCUT2D eigenvalue weighted by Crippen LogP contribution is 2.57. The molecule has 40 heavy (non-hydrogen) atoms. The molecule has 6 rings (SSSR count). The van der Waals surface area contributed by atoms with Crippen LogP contribution in [-0.4, -0.2) is 64.9 Å². The summed E-state index contributed by atoms with van der Waals surface area (Å²) >= 11 is 0. The number of carbonyl (C=O) groups is 2. The van der Waals surface area contributed by atoms with E-state index >= 15 is 0 Å². The summed E-state index contributed by atoms with van der Waals surface area (Å²) in [4.78, 5) is 26.5. The van der Waals surface area contributed by atoms with Crippen LogP contribution in [0.4, 0.5) is 0 Å². The van der Waals surface area contributed by atoms with Gasteiger partial charge >= 0.3 is 11.9 Å². The van der Waals surface area contributed by atoms with E-state index in [0.29, 0.717) is 24.5 Å². The van der Waals surface area contributed by atoms with Gasteiger partial charge in [0.15, 0.2) is 20.9 Å². The fourth-order valence-electron chi connectivity index (χ4n) is 8.94. The summed E-state index contributed by atoms with van der Waals surface area (Å²) in [5.74, 6) is -1.34. The molecule has 0 unspecified atom stereocenters. The maximum Gasteiger partial charge on any atom is 0.314 e. The molecule has 3 heterocycles. The van der Waals surface area contributed by atoms with E-state index in [0.717, 1.165) is 49.8 Å². The van der Waals surface area contributed by atoms with E-state index in [1.54, 1.807) is 7.11 Å². The Balaban J connectivity index is 1.23. The monoisotopic (exact) mass is 574 g/mol. The number of ether oxygens (including phenoxy) is 5. The van der Waals surface area contributed by atoms with Gasteiger partial charge in [0.25, 0.3) is 0 Å². The van der Waals surface area contributed by atoms with Crippen molar-refractivity contribution in [2.75, 3.05) is 20.3 Å². The number of fused-ring (bicyclic) bond motifs is 4. The molecule has 9 atom stereocenters. The van der Waals surface area contributed by atoms with Crippen molar-refractivity contribution < 1.29 is 37.7 Å². The predicted molar refractivity (Wildman–Crippen MR) is 149 cm³/mol. The van der Waals surface area contributed by atoms with Gasteiger partial charge in [-0.25, -0.2) is 0 Å². The van der Waals surface area contributed by atoms with Crippen molar-refractivity contribution in [2.45, 2.75) is 108 Å². The highest BCUT2D eigenvalue weighted by molar-refractivity contribution is 6.75. The molecule has 222 valence electrons. The quantitative estimate of drug-likeness (QED) is 0.209. The molecule has 3 aliphatic heterocycles. The molecule has 1 saturated carbocycles. The smallest absolute Gasteiger partial charge is 0.314 e. The van der Waals surface area contributed by atoms with Crippen molar-refractivity contribution in [1.29, 1.82) is 0 Å². The average molecular weight is 575 g/mol. The highest BCUT2D eigenvalue weighted by Gasteiger charge is 2.65. The van der Waals surface area contributed by atoms with E-state index in [1.165, 1.54) is 0 Å². The van der Waals surface area contributed by atoms with Gasteiger partial charge in [-0.2, -0.15) is 0 Å². The maximum absolute atomic E-state index is 13.6. The minimum absolute atomic E-state index is 0.0142. The van der Waals surface area contributed by atoms with Gasteiger partial charge in [0.1, 0.15) is 12.2 Å². The Morgan fingerprint density at radius 1 is 1.18 bits per heavy atom. The third-order valence-electron chi connectivity index (χ3n) is 11.3. The van der Waals surface area contributed by atoms with Crippen molar-refractivity contribution >= 4 is 20.3 Å². The van der Waals surface area contributed by atoms with Gasteiger partial charge in [-0.3, -0.25) is 9.59 Å². The first kappa shape index (κ1) is 28.6. The third-order valence-corrected chi connectivity index (χ3v) is 16.6. The number of methoxy groups -OCH3 is 1. The SMILES string of the molecule is CC[Si](CC)(O[C@]12C[C@@H](OC)O[C@H]1O[C@@H]1C=C(COC(=O)[C@@H]3C=C[C@H]4CCCC[C@@]45COC(=O)[C@@H]35)[C@H]2C1)C(C)C. The Bertz CT molecular complexity index is 1070. The normalized spacial score (nSPS) is 41.8. The zero-order valence-corrected chi connectivity index (χ0v) is 25.7. The number of allylic oxidation sites excluding steroid dienone is 1. The summed E-state index contributed by atoms with van der Waals surface area (Å²) in [5.41, 5.74) is 0.522. The number of esters is 2. The van der Waals surface area contributed by atoms with Crippen LogP contribution in [0.3, 0.4) is 0 Å². The second-order valence-electron chi connectivity index (χ2n) is 13.2. The van der Waals surface area contributed by atoms with E-state index in [4.69, 9.17) is 28.1 Å². The van der Waals surface area contributed by atoms with Crippen LogP contribution in [-0.2, 0) is 37.7 Å². The van der Waals surface area contributed by atoms with Crippen LogP contribution in [0.15, 0.2) is 23.8 Å². The van der Waals surface area contributed by atoms with Gasteiger partial charge in [0, 0.05) is 24.9 Å². The predicted octanol–water partition coefficient (Wildman–Crippen LogP) is 5.28. The molecular weight excluding hydrogens is 528 g/mol. The maximum atomic E-state index is 13.6. The van der Waals surface area contributed by atoms with Crippen LogP contribution in [0.25, 0.3) is 0 Å². The van der Waals surface area contributed by atoms with E-state index < -0.39 is 38.3 Å². The number of rotatable bonds is 9. The Labute approximate surface area is 239 Å². The molecule has 3 saturated heterocycles. The van der Waals surface area contributed by atoms with Crippen molar-refractivity contribution in [1.82, 2.24) is 0 Å². The molecule has 0 N–H and O–H groups in total. The molecule has 3 aliphatic carbocycles. The minimum Gasteiger partial charge on any atom is -0.465 e. The Kier molecular flexibility index (Phi) is 7.60. The molecule has 2 bridgehead atoms. The van der Waals surface area contributed by atoms with Crippen LogP contribution in [0.5, 0.6) is 0 Å². The van der Waals surface area contributed by atoms with Gasteiger partial charge in [-0.15, -0.1) is 0 Å². The summed E-state index contributed by atoms with van der Waals surface area (Å²) in [6, 6.07) is 2.01. The largest absolute Gasteiger partial charge is 0.465 e. The van der Waals surface area contributed by atoms with Crippen molar-refractivity contribution in [3.8, 4) is 0 Å². The van der Waals surface area contributed by atoms with Crippen LogP contribution in [0.2, 0.25) is 17.6 Å². The lowest BCUT2D eigenvalue weighted by Gasteiger charge is -2.50. The Morgan fingerprint density at radius 2 is 1.98 bits per heavy atom. The van der Waals surface area contributed by atoms with Crippen LogP contribution in [0.1, 0.15) is 66.2 Å². The number of hydrogen-bond acceptors (Lipinski definition) is 8. The molecule has 0 amide bonds. The molecule has 4 fully saturated rings. The first-order valence-electron chi connectivity index (χ1n) is 15.5. The second-order valence-corrected chi connectivity index (χ2v) is 18.1. The number of hydrogen-bond donors (Lipinski definition) is 0. The van der Waals surface area contributed by atoms with Gasteiger partial charge in [0.05, 0.1) is 24.5 Å². The van der Waals surface area contributed by atoms with Crippen molar-refractivity contribution in [3.05, 3.63) is 23.8 Å². The van der Waals surface area contributed by atoms with Gasteiger partial charge in [0.2, 0.25) is 0 Å². The molecule has 0 aromatic heterocycles. The average Bonchev–Trinajstić information content (AvgIpc) is 3.62. The fraction of sp³-hybridized carbons (Fsp3) is 0.806.